The van der Waals surface area contributed by atoms with E-state index in [-0.39, 0.29) is 12.2 Å². The summed E-state index contributed by atoms with van der Waals surface area (Å²) in [4.78, 5) is 7.37. The number of rotatable bonds is 2. The lowest BCUT2D eigenvalue weighted by Gasteiger charge is -2.35. The lowest BCUT2D eigenvalue weighted by atomic mass is 10.2. The molecule has 0 bridgehead atoms. The van der Waals surface area contributed by atoms with E-state index in [0.717, 1.165) is 23.1 Å². The molecule has 0 aliphatic carbocycles. The Kier molecular flexibility index (Phi) is 3.40. The fourth-order valence-corrected chi connectivity index (χ4v) is 2.67. The highest BCUT2D eigenvalue weighted by Crippen LogP contribution is 2.24. The third-order valence-electron chi connectivity index (χ3n) is 2.39. The molecule has 0 aromatic carbocycles. The van der Waals surface area contributed by atoms with Crippen molar-refractivity contribution in [1.82, 2.24) is 4.98 Å². The topological polar surface area (TPSA) is 58.0 Å². The zero-order valence-electron chi connectivity index (χ0n) is 9.33. The van der Waals surface area contributed by atoms with Gasteiger partial charge in [-0.1, -0.05) is 16.5 Å². The SMILES string of the molecule is C[C@H]1CN(c2ncc(/C=N/O)s2)C[C@H](C)O1. The lowest BCUT2D eigenvalue weighted by molar-refractivity contribution is -0.00522. The summed E-state index contributed by atoms with van der Waals surface area (Å²) in [6, 6.07) is 0. The normalized spacial score (nSPS) is 26.5. The Morgan fingerprint density at radius 3 is 2.88 bits per heavy atom. The Hall–Kier alpha value is -1.14. The predicted molar refractivity (Wildman–Crippen MR) is 63.7 cm³/mol. The molecule has 6 heteroatoms. The van der Waals surface area contributed by atoms with Gasteiger partial charge in [0.05, 0.1) is 23.3 Å². The van der Waals surface area contributed by atoms with E-state index >= 15 is 0 Å². The summed E-state index contributed by atoms with van der Waals surface area (Å²) < 4.78 is 5.66. The smallest absolute Gasteiger partial charge is 0.186 e. The Bertz CT molecular complexity index is 370. The van der Waals surface area contributed by atoms with Crippen LogP contribution in [0.2, 0.25) is 0 Å². The van der Waals surface area contributed by atoms with Crippen LogP contribution in [0.1, 0.15) is 18.7 Å². The van der Waals surface area contributed by atoms with Crippen LogP contribution in [0.25, 0.3) is 0 Å². The number of nitrogens with zero attached hydrogens (tertiary/aromatic N) is 3. The van der Waals surface area contributed by atoms with Crippen LogP contribution >= 0.6 is 11.3 Å². The molecule has 2 heterocycles. The average Bonchev–Trinajstić information content (AvgIpc) is 2.65. The van der Waals surface area contributed by atoms with Gasteiger partial charge in [0.15, 0.2) is 5.13 Å². The molecule has 0 spiro atoms. The van der Waals surface area contributed by atoms with E-state index in [1.54, 1.807) is 6.20 Å². The number of hydrogen-bond acceptors (Lipinski definition) is 6. The van der Waals surface area contributed by atoms with Crippen LogP contribution in [0.5, 0.6) is 0 Å². The second-order valence-corrected chi connectivity index (χ2v) is 4.99. The summed E-state index contributed by atoms with van der Waals surface area (Å²) in [7, 11) is 0. The van der Waals surface area contributed by atoms with Crippen LogP contribution in [0.3, 0.4) is 0 Å². The molecule has 0 unspecified atom stereocenters. The van der Waals surface area contributed by atoms with Crippen molar-refractivity contribution in [3.63, 3.8) is 0 Å². The van der Waals surface area contributed by atoms with Crippen molar-refractivity contribution in [3.05, 3.63) is 11.1 Å². The van der Waals surface area contributed by atoms with Gasteiger partial charge < -0.3 is 14.8 Å². The second-order valence-electron chi connectivity index (χ2n) is 3.95. The first-order valence-corrected chi connectivity index (χ1v) is 6.04. The van der Waals surface area contributed by atoms with Crippen molar-refractivity contribution in [2.24, 2.45) is 5.16 Å². The van der Waals surface area contributed by atoms with Gasteiger partial charge in [0.1, 0.15) is 0 Å². The van der Waals surface area contributed by atoms with Gasteiger partial charge in [-0.15, -0.1) is 0 Å². The van der Waals surface area contributed by atoms with E-state index in [1.807, 2.05) is 0 Å². The van der Waals surface area contributed by atoms with Crippen molar-refractivity contribution in [2.75, 3.05) is 18.0 Å². The van der Waals surface area contributed by atoms with Crippen molar-refractivity contribution in [2.45, 2.75) is 26.1 Å². The van der Waals surface area contributed by atoms with E-state index in [2.05, 4.69) is 28.9 Å². The summed E-state index contributed by atoms with van der Waals surface area (Å²) in [5.74, 6) is 0. The molecule has 1 aromatic rings. The highest BCUT2D eigenvalue weighted by atomic mass is 32.1. The second kappa shape index (κ2) is 4.80. The predicted octanol–water partition coefficient (Wildman–Crippen LogP) is 1.56. The molecular weight excluding hydrogens is 226 g/mol. The first kappa shape index (κ1) is 11.3. The standard InChI is InChI=1S/C10H15N3O2S/c1-7-5-13(6-8(2)15-7)10-11-3-9(16-10)4-12-14/h3-4,7-8,14H,5-6H2,1-2H3/b12-4+/t7-,8-/m0/s1. The maximum Gasteiger partial charge on any atom is 0.186 e. The van der Waals surface area contributed by atoms with Crippen LogP contribution in [0.4, 0.5) is 5.13 Å². The number of hydrogen-bond donors (Lipinski definition) is 1. The van der Waals surface area contributed by atoms with Gasteiger partial charge in [-0.3, -0.25) is 0 Å². The van der Waals surface area contributed by atoms with Crippen molar-refractivity contribution >= 4 is 22.7 Å². The van der Waals surface area contributed by atoms with Crippen LogP contribution < -0.4 is 4.90 Å². The fourth-order valence-electron chi connectivity index (χ4n) is 1.87. The Balaban J connectivity index is 2.10. The molecule has 1 fully saturated rings. The first-order valence-electron chi connectivity index (χ1n) is 5.22. The van der Waals surface area contributed by atoms with Crippen LogP contribution in [-0.2, 0) is 4.74 Å². The van der Waals surface area contributed by atoms with Gasteiger partial charge >= 0.3 is 0 Å². The van der Waals surface area contributed by atoms with E-state index in [9.17, 15) is 0 Å². The molecule has 88 valence electrons. The molecule has 0 saturated carbocycles. The van der Waals surface area contributed by atoms with E-state index in [4.69, 9.17) is 9.94 Å². The molecule has 2 atom stereocenters. The Morgan fingerprint density at radius 2 is 2.25 bits per heavy atom. The van der Waals surface area contributed by atoms with Gasteiger partial charge in [-0.25, -0.2) is 4.98 Å². The van der Waals surface area contributed by atoms with Gasteiger partial charge in [-0.2, -0.15) is 0 Å². The number of thiazole rings is 1. The minimum Gasteiger partial charge on any atom is -0.411 e. The number of oxime groups is 1. The summed E-state index contributed by atoms with van der Waals surface area (Å²) >= 11 is 1.52. The number of ether oxygens (including phenoxy) is 1. The zero-order valence-corrected chi connectivity index (χ0v) is 10.1. The highest BCUT2D eigenvalue weighted by Gasteiger charge is 2.23. The highest BCUT2D eigenvalue weighted by molar-refractivity contribution is 7.17. The van der Waals surface area contributed by atoms with Crippen molar-refractivity contribution in [3.8, 4) is 0 Å². The molecule has 1 saturated heterocycles. The van der Waals surface area contributed by atoms with Crippen molar-refractivity contribution < 1.29 is 9.94 Å². The average molecular weight is 241 g/mol. The molecule has 0 radical (unpaired) electrons. The quantitative estimate of drug-likeness (QED) is 0.485. The van der Waals surface area contributed by atoms with Gasteiger partial charge in [-0.05, 0) is 13.8 Å². The maximum atomic E-state index is 8.44. The molecule has 1 aliphatic rings. The zero-order chi connectivity index (χ0) is 11.5. The molecule has 1 aliphatic heterocycles. The van der Waals surface area contributed by atoms with E-state index in [1.165, 1.54) is 17.6 Å². The summed E-state index contributed by atoms with van der Waals surface area (Å²) in [5, 5.41) is 12.4. The number of anilines is 1. The number of aromatic nitrogens is 1. The Labute approximate surface area is 98.4 Å². The minimum atomic E-state index is 0.225. The molecule has 1 N–H and O–H groups in total. The lowest BCUT2D eigenvalue weighted by Crippen LogP contribution is -2.45. The van der Waals surface area contributed by atoms with E-state index in [0.29, 0.717) is 0 Å². The van der Waals surface area contributed by atoms with Crippen LogP contribution in [0.15, 0.2) is 11.4 Å². The van der Waals surface area contributed by atoms with Crippen LogP contribution in [-0.4, -0.2) is 41.7 Å². The summed E-state index contributed by atoms with van der Waals surface area (Å²) in [6.07, 6.45) is 3.56. The minimum absolute atomic E-state index is 0.225. The van der Waals surface area contributed by atoms with Crippen LogP contribution in [0, 0.1) is 0 Å². The molecule has 1 aromatic heterocycles. The first-order chi connectivity index (χ1) is 7.69. The van der Waals surface area contributed by atoms with Gasteiger partial charge in [0, 0.05) is 19.3 Å². The molecule has 2 rings (SSSR count). The van der Waals surface area contributed by atoms with Gasteiger partial charge in [0.25, 0.3) is 0 Å². The third-order valence-corrected chi connectivity index (χ3v) is 3.38. The molecule has 5 nitrogen and oxygen atoms in total. The summed E-state index contributed by atoms with van der Waals surface area (Å²) in [6.45, 7) is 5.83. The van der Waals surface area contributed by atoms with Crippen molar-refractivity contribution in [1.29, 1.82) is 0 Å². The third kappa shape index (κ3) is 2.51. The van der Waals surface area contributed by atoms with E-state index < -0.39 is 0 Å². The molecular formula is C10H15N3O2S. The Morgan fingerprint density at radius 1 is 1.56 bits per heavy atom. The maximum absolute atomic E-state index is 8.44. The molecule has 0 amide bonds. The number of morpholine rings is 1. The summed E-state index contributed by atoms with van der Waals surface area (Å²) in [5.41, 5.74) is 0. The fraction of sp³-hybridized carbons (Fsp3) is 0.600. The van der Waals surface area contributed by atoms with Gasteiger partial charge in [0.2, 0.25) is 0 Å². The largest absolute Gasteiger partial charge is 0.411 e. The monoisotopic (exact) mass is 241 g/mol. The molecule has 16 heavy (non-hydrogen) atoms.